The van der Waals surface area contributed by atoms with E-state index in [0.29, 0.717) is 16.3 Å². The number of aromatic nitrogens is 2. The molecule has 0 aliphatic rings. The number of halogens is 2. The Labute approximate surface area is 159 Å². The van der Waals surface area contributed by atoms with Crippen LogP contribution in [0.15, 0.2) is 36.5 Å². The number of esters is 1. The Hall–Kier alpha value is -2.57. The number of amides is 1. The minimum Gasteiger partial charge on any atom is -0.452 e. The highest BCUT2D eigenvalue weighted by molar-refractivity contribution is 6.36. The molecule has 0 fully saturated rings. The number of aryl methyl sites for hydroxylation is 2. The second-order valence-electron chi connectivity index (χ2n) is 5.68. The molecule has 0 spiro atoms. The molecule has 134 valence electrons. The number of carbonyl (C=O) groups excluding carboxylic acids is 2. The van der Waals surface area contributed by atoms with Gasteiger partial charge in [0.05, 0.1) is 21.3 Å². The van der Waals surface area contributed by atoms with Crippen molar-refractivity contribution >= 4 is 51.8 Å². The average molecular weight is 392 g/mol. The van der Waals surface area contributed by atoms with Gasteiger partial charge in [-0.3, -0.25) is 4.79 Å². The van der Waals surface area contributed by atoms with Crippen molar-refractivity contribution in [1.82, 2.24) is 9.55 Å². The van der Waals surface area contributed by atoms with Gasteiger partial charge in [0.25, 0.3) is 5.91 Å². The van der Waals surface area contributed by atoms with E-state index < -0.39 is 18.5 Å². The van der Waals surface area contributed by atoms with Gasteiger partial charge in [0, 0.05) is 24.1 Å². The number of fused-ring (bicyclic) bond motifs is 1. The molecule has 3 aromatic rings. The first-order valence-corrected chi connectivity index (χ1v) is 8.46. The predicted molar refractivity (Wildman–Crippen MR) is 101 cm³/mol. The lowest BCUT2D eigenvalue weighted by Gasteiger charge is -2.08. The Morgan fingerprint density at radius 2 is 1.96 bits per heavy atom. The largest absolute Gasteiger partial charge is 0.452 e. The van der Waals surface area contributed by atoms with E-state index in [-0.39, 0.29) is 10.8 Å². The van der Waals surface area contributed by atoms with Crippen LogP contribution in [0.1, 0.15) is 16.1 Å². The van der Waals surface area contributed by atoms with Crippen LogP contribution in [0.5, 0.6) is 0 Å². The number of hydrogen-bond acceptors (Lipinski definition) is 4. The molecule has 0 saturated carbocycles. The fourth-order valence-electron chi connectivity index (χ4n) is 2.53. The van der Waals surface area contributed by atoms with Crippen molar-refractivity contribution in [3.05, 3.63) is 57.8 Å². The van der Waals surface area contributed by atoms with Gasteiger partial charge < -0.3 is 14.6 Å². The monoisotopic (exact) mass is 391 g/mol. The van der Waals surface area contributed by atoms with Gasteiger partial charge in [-0.05, 0) is 19.1 Å². The summed E-state index contributed by atoms with van der Waals surface area (Å²) < 4.78 is 6.94. The first-order valence-electron chi connectivity index (χ1n) is 7.70. The highest BCUT2D eigenvalue weighted by Crippen LogP contribution is 2.25. The molecular formula is C18H15Cl2N3O3. The minimum atomic E-state index is -0.580. The molecule has 0 radical (unpaired) electrons. The summed E-state index contributed by atoms with van der Waals surface area (Å²) in [6.45, 7) is 1.23. The van der Waals surface area contributed by atoms with Gasteiger partial charge >= 0.3 is 5.97 Å². The van der Waals surface area contributed by atoms with Crippen LogP contribution in [0.25, 0.3) is 10.9 Å². The van der Waals surface area contributed by atoms with Crippen LogP contribution in [-0.2, 0) is 16.6 Å². The Morgan fingerprint density at radius 1 is 1.23 bits per heavy atom. The molecule has 0 saturated heterocycles. The first kappa shape index (κ1) is 18.2. The zero-order chi connectivity index (χ0) is 18.8. The van der Waals surface area contributed by atoms with E-state index in [1.165, 1.54) is 6.07 Å². The van der Waals surface area contributed by atoms with Crippen LogP contribution in [0, 0.1) is 6.92 Å². The first-order chi connectivity index (χ1) is 12.4. The standard InChI is InChI=1S/C18H15Cl2N3O3/c1-10-13(19)7-14(20)17(21-10)22-16(24)9-26-18(25)12-8-23(2)15-6-4-3-5-11(12)15/h3-8H,9H2,1-2H3,(H,21,22,24). The van der Waals surface area contributed by atoms with Gasteiger partial charge in [-0.25, -0.2) is 9.78 Å². The normalized spacial score (nSPS) is 10.8. The molecule has 1 amide bonds. The van der Waals surface area contributed by atoms with Gasteiger partial charge in [-0.2, -0.15) is 0 Å². The maximum atomic E-state index is 12.3. The summed E-state index contributed by atoms with van der Waals surface area (Å²) >= 11 is 11.9. The van der Waals surface area contributed by atoms with Crippen LogP contribution >= 0.6 is 23.2 Å². The molecule has 0 aliphatic heterocycles. The summed E-state index contributed by atoms with van der Waals surface area (Å²) in [6.07, 6.45) is 1.67. The van der Waals surface area contributed by atoms with Crippen LogP contribution in [0.4, 0.5) is 5.82 Å². The molecule has 8 heteroatoms. The maximum Gasteiger partial charge on any atom is 0.340 e. The molecule has 6 nitrogen and oxygen atoms in total. The fourth-order valence-corrected chi connectivity index (χ4v) is 2.93. The molecule has 26 heavy (non-hydrogen) atoms. The van der Waals surface area contributed by atoms with Crippen molar-refractivity contribution in [2.75, 3.05) is 11.9 Å². The number of carbonyl (C=O) groups is 2. The van der Waals surface area contributed by atoms with Gasteiger partial charge in [-0.1, -0.05) is 41.4 Å². The number of benzene rings is 1. The molecule has 3 rings (SSSR count). The summed E-state index contributed by atoms with van der Waals surface area (Å²) in [6, 6.07) is 8.93. The zero-order valence-electron chi connectivity index (χ0n) is 14.0. The highest BCUT2D eigenvalue weighted by atomic mass is 35.5. The molecule has 2 heterocycles. The number of nitrogens with one attached hydrogen (secondary N) is 1. The van der Waals surface area contributed by atoms with Crippen molar-refractivity contribution in [1.29, 1.82) is 0 Å². The molecular weight excluding hydrogens is 377 g/mol. The van der Waals surface area contributed by atoms with Crippen molar-refractivity contribution in [3.63, 3.8) is 0 Å². The lowest BCUT2D eigenvalue weighted by molar-refractivity contribution is -0.119. The third kappa shape index (κ3) is 3.66. The topological polar surface area (TPSA) is 73.2 Å². The molecule has 1 N–H and O–H groups in total. The van der Waals surface area contributed by atoms with Crippen LogP contribution in [0.2, 0.25) is 10.0 Å². The third-order valence-electron chi connectivity index (χ3n) is 3.81. The Balaban J connectivity index is 1.68. The number of nitrogens with zero attached hydrogens (tertiary/aromatic N) is 2. The average Bonchev–Trinajstić information content (AvgIpc) is 2.95. The maximum absolute atomic E-state index is 12.3. The molecule has 2 aromatic heterocycles. The molecule has 0 aliphatic carbocycles. The van der Waals surface area contributed by atoms with Crippen LogP contribution < -0.4 is 5.32 Å². The van der Waals surface area contributed by atoms with E-state index in [1.54, 1.807) is 13.1 Å². The second kappa shape index (κ2) is 7.35. The van der Waals surface area contributed by atoms with E-state index in [4.69, 9.17) is 27.9 Å². The van der Waals surface area contributed by atoms with E-state index in [0.717, 1.165) is 10.9 Å². The molecule has 0 bridgehead atoms. The van der Waals surface area contributed by atoms with Gasteiger partial charge in [0.2, 0.25) is 0 Å². The number of anilines is 1. The molecule has 0 atom stereocenters. The lowest BCUT2D eigenvalue weighted by Crippen LogP contribution is -2.21. The minimum absolute atomic E-state index is 0.166. The van der Waals surface area contributed by atoms with Crippen molar-refractivity contribution in [3.8, 4) is 0 Å². The molecule has 1 aromatic carbocycles. The summed E-state index contributed by atoms with van der Waals surface area (Å²) in [5.74, 6) is -0.960. The quantitative estimate of drug-likeness (QED) is 0.682. The summed E-state index contributed by atoms with van der Waals surface area (Å²) in [5.41, 5.74) is 1.82. The fraction of sp³-hybridized carbons (Fsp3) is 0.167. The van der Waals surface area contributed by atoms with Crippen molar-refractivity contribution < 1.29 is 14.3 Å². The van der Waals surface area contributed by atoms with Gasteiger partial charge in [-0.15, -0.1) is 0 Å². The summed E-state index contributed by atoms with van der Waals surface area (Å²) in [5, 5.41) is 3.87. The number of pyridine rings is 1. The zero-order valence-corrected chi connectivity index (χ0v) is 15.6. The number of hydrogen-bond donors (Lipinski definition) is 1. The van der Waals surface area contributed by atoms with E-state index in [9.17, 15) is 9.59 Å². The van der Waals surface area contributed by atoms with E-state index in [2.05, 4.69) is 10.3 Å². The van der Waals surface area contributed by atoms with E-state index in [1.807, 2.05) is 35.9 Å². The SMILES string of the molecule is Cc1nc(NC(=O)COC(=O)c2cn(C)c3ccccc23)c(Cl)cc1Cl. The highest BCUT2D eigenvalue weighted by Gasteiger charge is 2.17. The van der Waals surface area contributed by atoms with Crippen molar-refractivity contribution in [2.24, 2.45) is 7.05 Å². The Morgan fingerprint density at radius 3 is 2.73 bits per heavy atom. The Bertz CT molecular complexity index is 1010. The van der Waals surface area contributed by atoms with Crippen LogP contribution in [0.3, 0.4) is 0 Å². The molecule has 0 unspecified atom stereocenters. The van der Waals surface area contributed by atoms with E-state index >= 15 is 0 Å². The Kier molecular flexibility index (Phi) is 5.15. The number of rotatable bonds is 4. The number of ether oxygens (including phenoxy) is 1. The predicted octanol–water partition coefficient (Wildman–Crippen LogP) is 3.98. The summed E-state index contributed by atoms with van der Waals surface area (Å²) in [7, 11) is 1.84. The van der Waals surface area contributed by atoms with Gasteiger partial charge in [0.1, 0.15) is 0 Å². The smallest absolute Gasteiger partial charge is 0.340 e. The number of para-hydroxylation sites is 1. The van der Waals surface area contributed by atoms with Gasteiger partial charge in [0.15, 0.2) is 12.4 Å². The van der Waals surface area contributed by atoms with Crippen LogP contribution in [-0.4, -0.2) is 28.0 Å². The second-order valence-corrected chi connectivity index (χ2v) is 6.50. The van der Waals surface area contributed by atoms with Crippen molar-refractivity contribution in [2.45, 2.75) is 6.92 Å². The summed E-state index contributed by atoms with van der Waals surface area (Å²) in [4.78, 5) is 28.5. The third-order valence-corrected chi connectivity index (χ3v) is 4.48. The lowest BCUT2D eigenvalue weighted by atomic mass is 10.2.